The molecule has 1 N–H and O–H groups in total. The van der Waals surface area contributed by atoms with E-state index in [-0.39, 0.29) is 16.8 Å². The lowest BCUT2D eigenvalue weighted by Gasteiger charge is -2.15. The van der Waals surface area contributed by atoms with Crippen LogP contribution in [0.1, 0.15) is 34.4 Å². The summed E-state index contributed by atoms with van der Waals surface area (Å²) >= 11 is 2.26. The van der Waals surface area contributed by atoms with Gasteiger partial charge in [-0.3, -0.25) is 14.2 Å². The van der Waals surface area contributed by atoms with Crippen LogP contribution in [-0.2, 0) is 30.0 Å². The van der Waals surface area contributed by atoms with Crippen LogP contribution < -0.4 is 15.6 Å². The van der Waals surface area contributed by atoms with Crippen molar-refractivity contribution < 1.29 is 35.9 Å². The molecule has 0 atom stereocenters. The van der Waals surface area contributed by atoms with Crippen LogP contribution in [0.5, 0.6) is 5.75 Å². The summed E-state index contributed by atoms with van der Waals surface area (Å²) in [5, 5.41) is 2.78. The van der Waals surface area contributed by atoms with E-state index < -0.39 is 40.8 Å². The maximum Gasteiger partial charge on any atom is 0.416 e. The van der Waals surface area contributed by atoms with E-state index in [9.17, 15) is 35.9 Å². The number of ether oxygens (including phenoxy) is 1. The third kappa shape index (κ3) is 6.08. The first-order valence-electron chi connectivity index (χ1n) is 12.3. The molecule has 2 heterocycles. The number of hydrogen-bond acceptors (Lipinski definition) is 6. The SMILES string of the molecule is COc1ccc(-n2c(SCC(=O)Nc3cc(C(F)(F)F)cc(C(F)(F)F)c3)nc3sc4c(c3c2=O)CCCC4)cc1. The van der Waals surface area contributed by atoms with Gasteiger partial charge in [0, 0.05) is 10.6 Å². The minimum absolute atomic E-state index is 0.0162. The van der Waals surface area contributed by atoms with E-state index in [0.717, 1.165) is 47.9 Å². The monoisotopic (exact) mass is 613 g/mol. The lowest BCUT2D eigenvalue weighted by molar-refractivity contribution is -0.143. The highest BCUT2D eigenvalue weighted by Crippen LogP contribution is 2.38. The van der Waals surface area contributed by atoms with Crippen molar-refractivity contribution in [2.24, 2.45) is 0 Å². The Bertz CT molecular complexity index is 1650. The van der Waals surface area contributed by atoms with Gasteiger partial charge < -0.3 is 10.1 Å². The number of carbonyl (C=O) groups excluding carboxylic acids is 1. The summed E-state index contributed by atoms with van der Waals surface area (Å²) in [5.74, 6) is -0.753. The van der Waals surface area contributed by atoms with Crippen molar-refractivity contribution in [3.8, 4) is 11.4 Å². The number of rotatable bonds is 6. The Hall–Kier alpha value is -3.52. The number of methoxy groups -OCH3 is 1. The molecule has 0 fully saturated rings. The van der Waals surface area contributed by atoms with Gasteiger partial charge in [-0.2, -0.15) is 26.3 Å². The van der Waals surface area contributed by atoms with Gasteiger partial charge in [-0.05, 0) is 73.7 Å². The maximum absolute atomic E-state index is 13.8. The lowest BCUT2D eigenvalue weighted by Crippen LogP contribution is -2.23. The van der Waals surface area contributed by atoms with Gasteiger partial charge in [0.05, 0.1) is 35.1 Å². The van der Waals surface area contributed by atoms with E-state index in [1.165, 1.54) is 23.0 Å². The normalized spacial score (nSPS) is 13.7. The van der Waals surface area contributed by atoms with Gasteiger partial charge in [0.25, 0.3) is 5.56 Å². The second kappa shape index (κ2) is 11.0. The molecule has 2 aromatic heterocycles. The average Bonchev–Trinajstić information content (AvgIpc) is 3.29. The summed E-state index contributed by atoms with van der Waals surface area (Å²) in [5.41, 5.74) is -2.64. The third-order valence-corrected chi connectivity index (χ3v) is 8.62. The molecule has 1 amide bonds. The quantitative estimate of drug-likeness (QED) is 0.143. The van der Waals surface area contributed by atoms with Gasteiger partial charge in [0.1, 0.15) is 10.6 Å². The van der Waals surface area contributed by atoms with Crippen molar-refractivity contribution in [1.82, 2.24) is 9.55 Å². The van der Waals surface area contributed by atoms with Crippen molar-refractivity contribution >= 4 is 44.9 Å². The number of amides is 1. The van der Waals surface area contributed by atoms with Gasteiger partial charge >= 0.3 is 12.4 Å². The summed E-state index contributed by atoms with van der Waals surface area (Å²) < 4.78 is 85.8. The fourth-order valence-electron chi connectivity index (χ4n) is 4.60. The Morgan fingerprint density at radius 2 is 1.66 bits per heavy atom. The fraction of sp³-hybridized carbons (Fsp3) is 0.296. The molecule has 0 saturated carbocycles. The van der Waals surface area contributed by atoms with Gasteiger partial charge in [-0.25, -0.2) is 4.98 Å². The molecule has 216 valence electrons. The van der Waals surface area contributed by atoms with Crippen LogP contribution in [0, 0.1) is 0 Å². The number of anilines is 1. The van der Waals surface area contributed by atoms with Crippen LogP contribution in [0.25, 0.3) is 15.9 Å². The molecule has 5 rings (SSSR count). The molecule has 14 heteroatoms. The summed E-state index contributed by atoms with van der Waals surface area (Å²) in [6.07, 6.45) is -6.57. The predicted molar refractivity (Wildman–Crippen MR) is 144 cm³/mol. The maximum atomic E-state index is 13.8. The molecule has 41 heavy (non-hydrogen) atoms. The molecule has 6 nitrogen and oxygen atoms in total. The molecule has 0 aliphatic heterocycles. The van der Waals surface area contributed by atoms with E-state index in [4.69, 9.17) is 4.74 Å². The Kier molecular flexibility index (Phi) is 7.81. The van der Waals surface area contributed by atoms with Gasteiger partial charge in [0.2, 0.25) is 5.91 Å². The number of aromatic nitrogens is 2. The van der Waals surface area contributed by atoms with Crippen LogP contribution in [0.3, 0.4) is 0 Å². The first-order valence-corrected chi connectivity index (χ1v) is 14.1. The Labute approximate surface area is 237 Å². The second-order valence-corrected chi connectivity index (χ2v) is 11.3. The zero-order valence-electron chi connectivity index (χ0n) is 21.3. The van der Waals surface area contributed by atoms with E-state index in [1.54, 1.807) is 24.3 Å². The number of thiophene rings is 1. The molecule has 0 unspecified atom stereocenters. The molecule has 2 aromatic carbocycles. The van der Waals surface area contributed by atoms with Crippen LogP contribution in [0.2, 0.25) is 0 Å². The fourth-order valence-corrected chi connectivity index (χ4v) is 6.71. The van der Waals surface area contributed by atoms with Crippen LogP contribution >= 0.6 is 23.1 Å². The second-order valence-electron chi connectivity index (χ2n) is 9.26. The Balaban J connectivity index is 1.48. The minimum Gasteiger partial charge on any atom is -0.497 e. The number of halogens is 6. The Morgan fingerprint density at radius 3 is 2.27 bits per heavy atom. The number of hydrogen-bond donors (Lipinski definition) is 1. The minimum atomic E-state index is -5.05. The Morgan fingerprint density at radius 1 is 1.02 bits per heavy atom. The molecule has 4 aromatic rings. The zero-order chi connectivity index (χ0) is 29.5. The standard InChI is InChI=1S/C27H21F6N3O3S2/c1-39-18-8-6-17(7-9-18)36-24(38)22-19-4-2-3-5-20(19)41-23(22)35-25(36)40-13-21(37)34-16-11-14(26(28,29)30)10-15(12-16)27(31,32)33/h6-12H,2-5,13H2,1H3,(H,34,37). The highest BCUT2D eigenvalue weighted by atomic mass is 32.2. The summed E-state index contributed by atoms with van der Waals surface area (Å²) in [6, 6.07) is 7.47. The van der Waals surface area contributed by atoms with Crippen molar-refractivity contribution in [3.63, 3.8) is 0 Å². The first-order chi connectivity index (χ1) is 19.3. The number of aryl methyl sites for hydroxylation is 2. The average molecular weight is 614 g/mol. The van der Waals surface area contributed by atoms with Crippen molar-refractivity contribution in [2.75, 3.05) is 18.2 Å². The largest absolute Gasteiger partial charge is 0.497 e. The molecular weight excluding hydrogens is 592 g/mol. The number of thioether (sulfide) groups is 1. The summed E-state index contributed by atoms with van der Waals surface area (Å²) in [6.45, 7) is 0. The lowest BCUT2D eigenvalue weighted by atomic mass is 9.97. The summed E-state index contributed by atoms with van der Waals surface area (Å²) in [7, 11) is 1.49. The number of nitrogens with zero attached hydrogens (tertiary/aromatic N) is 2. The van der Waals surface area contributed by atoms with Crippen molar-refractivity contribution in [1.29, 1.82) is 0 Å². The van der Waals surface area contributed by atoms with Gasteiger partial charge in [-0.1, -0.05) is 11.8 Å². The van der Waals surface area contributed by atoms with Crippen LogP contribution in [0.15, 0.2) is 52.4 Å². The number of nitrogens with one attached hydrogen (secondary N) is 1. The van der Waals surface area contributed by atoms with E-state index >= 15 is 0 Å². The molecule has 0 bridgehead atoms. The van der Waals surface area contributed by atoms with Crippen molar-refractivity contribution in [3.05, 3.63) is 74.4 Å². The number of carbonyl (C=O) groups is 1. The van der Waals surface area contributed by atoms with E-state index in [1.807, 2.05) is 0 Å². The molecule has 0 radical (unpaired) electrons. The van der Waals surface area contributed by atoms with Gasteiger partial charge in [0.15, 0.2) is 5.16 Å². The number of alkyl halides is 6. The van der Waals surface area contributed by atoms with Gasteiger partial charge in [-0.15, -0.1) is 11.3 Å². The predicted octanol–water partition coefficient (Wildman–Crippen LogP) is 7.10. The highest BCUT2D eigenvalue weighted by Gasteiger charge is 2.37. The van der Waals surface area contributed by atoms with E-state index in [2.05, 4.69) is 10.3 Å². The molecule has 0 spiro atoms. The third-order valence-electron chi connectivity index (χ3n) is 6.49. The molecule has 1 aliphatic carbocycles. The van der Waals surface area contributed by atoms with Crippen LogP contribution in [-0.4, -0.2) is 28.3 Å². The van der Waals surface area contributed by atoms with E-state index in [0.29, 0.717) is 33.8 Å². The smallest absolute Gasteiger partial charge is 0.416 e. The molecule has 1 aliphatic rings. The first kappa shape index (κ1) is 29.0. The van der Waals surface area contributed by atoms with Crippen molar-refractivity contribution in [2.45, 2.75) is 43.2 Å². The number of benzene rings is 2. The van der Waals surface area contributed by atoms with Crippen LogP contribution in [0.4, 0.5) is 32.0 Å². The highest BCUT2D eigenvalue weighted by molar-refractivity contribution is 7.99. The summed E-state index contributed by atoms with van der Waals surface area (Å²) in [4.78, 5) is 32.8. The zero-order valence-corrected chi connectivity index (χ0v) is 22.9. The topological polar surface area (TPSA) is 73.2 Å². The number of fused-ring (bicyclic) bond motifs is 3. The molecule has 0 saturated heterocycles. The molecular formula is C27H21F6N3O3S2.